The van der Waals surface area contributed by atoms with Crippen LogP contribution in [0.4, 0.5) is 5.69 Å². The van der Waals surface area contributed by atoms with Crippen molar-refractivity contribution >= 4 is 17.5 Å². The summed E-state index contributed by atoms with van der Waals surface area (Å²) in [5, 5.41) is 2.90. The van der Waals surface area contributed by atoms with Crippen LogP contribution >= 0.6 is 0 Å². The van der Waals surface area contributed by atoms with Crippen LogP contribution in [0.15, 0.2) is 24.3 Å². The van der Waals surface area contributed by atoms with Crippen molar-refractivity contribution in [3.8, 4) is 5.75 Å². The summed E-state index contributed by atoms with van der Waals surface area (Å²) in [6, 6.07) is 7.35. The fourth-order valence-electron chi connectivity index (χ4n) is 3.31. The fourth-order valence-corrected chi connectivity index (χ4v) is 3.31. The minimum atomic E-state index is -0.260. The number of hydrogen-bond donors (Lipinski definition) is 1. The molecular weight excluding hydrogens is 334 g/mol. The van der Waals surface area contributed by atoms with Gasteiger partial charge in [0.2, 0.25) is 5.91 Å². The van der Waals surface area contributed by atoms with Gasteiger partial charge in [-0.2, -0.15) is 0 Å². The Kier molecular flexibility index (Phi) is 6.46. The maximum Gasteiger partial charge on any atom is 0.251 e. The lowest BCUT2D eigenvalue weighted by Crippen LogP contribution is -2.52. The summed E-state index contributed by atoms with van der Waals surface area (Å²) >= 11 is 0. The van der Waals surface area contributed by atoms with E-state index in [0.717, 1.165) is 24.3 Å². The molecule has 1 aromatic rings. The van der Waals surface area contributed by atoms with Gasteiger partial charge in [-0.05, 0) is 44.0 Å². The largest absolute Gasteiger partial charge is 0.494 e. The number of benzene rings is 1. The van der Waals surface area contributed by atoms with Gasteiger partial charge in [0.15, 0.2) is 0 Å². The second kappa shape index (κ2) is 9.00. The lowest BCUT2D eigenvalue weighted by molar-refractivity contribution is -0.142. The van der Waals surface area contributed by atoms with Gasteiger partial charge in [-0.1, -0.05) is 0 Å². The number of nitrogens with one attached hydrogen (secondary N) is 1. The Hall–Kier alpha value is -2.12. The van der Waals surface area contributed by atoms with E-state index in [0.29, 0.717) is 45.9 Å². The highest BCUT2D eigenvalue weighted by molar-refractivity contribution is 5.92. The van der Waals surface area contributed by atoms with Gasteiger partial charge in [-0.15, -0.1) is 0 Å². The highest BCUT2D eigenvalue weighted by Crippen LogP contribution is 2.17. The molecule has 2 aliphatic heterocycles. The zero-order chi connectivity index (χ0) is 18.4. The van der Waals surface area contributed by atoms with Crippen LogP contribution in [0.1, 0.15) is 19.8 Å². The number of nitrogens with zero attached hydrogens (tertiary/aromatic N) is 2. The third-order valence-electron chi connectivity index (χ3n) is 4.71. The van der Waals surface area contributed by atoms with E-state index in [-0.39, 0.29) is 17.9 Å². The van der Waals surface area contributed by atoms with Gasteiger partial charge in [-0.3, -0.25) is 14.5 Å². The van der Waals surface area contributed by atoms with Gasteiger partial charge < -0.3 is 19.7 Å². The van der Waals surface area contributed by atoms with Crippen LogP contribution in [0.3, 0.4) is 0 Å². The van der Waals surface area contributed by atoms with E-state index in [2.05, 4.69) is 10.2 Å². The highest BCUT2D eigenvalue weighted by atomic mass is 16.5. The molecule has 0 unspecified atom stereocenters. The minimum absolute atomic E-state index is 0.0481. The van der Waals surface area contributed by atoms with Crippen LogP contribution in [0.25, 0.3) is 0 Å². The quantitative estimate of drug-likeness (QED) is 0.828. The van der Waals surface area contributed by atoms with Crippen LogP contribution in [0, 0.1) is 0 Å². The van der Waals surface area contributed by atoms with E-state index in [1.165, 1.54) is 0 Å². The Labute approximate surface area is 154 Å². The summed E-state index contributed by atoms with van der Waals surface area (Å²) in [6.45, 7) is 6.27. The standard InChI is InChI=1S/C19H27N3O4/c1-2-25-16-7-5-15(6-8-16)20-18(23)14-21-9-11-22(12-10-21)19(24)17-4-3-13-26-17/h5-8,17H,2-4,9-14H2,1H3,(H,20,23)/t17-/m0/s1. The summed E-state index contributed by atoms with van der Waals surface area (Å²) in [7, 11) is 0. The van der Waals surface area contributed by atoms with Crippen molar-refractivity contribution in [1.29, 1.82) is 0 Å². The van der Waals surface area contributed by atoms with Gasteiger partial charge in [0.1, 0.15) is 11.9 Å². The first-order valence-corrected chi connectivity index (χ1v) is 9.31. The monoisotopic (exact) mass is 361 g/mol. The molecule has 2 amide bonds. The Morgan fingerprint density at radius 2 is 1.92 bits per heavy atom. The number of carbonyl (C=O) groups is 2. The highest BCUT2D eigenvalue weighted by Gasteiger charge is 2.30. The zero-order valence-corrected chi connectivity index (χ0v) is 15.3. The van der Waals surface area contributed by atoms with Crippen LogP contribution in [-0.2, 0) is 14.3 Å². The van der Waals surface area contributed by atoms with Crippen molar-refractivity contribution in [1.82, 2.24) is 9.80 Å². The number of carbonyl (C=O) groups excluding carboxylic acids is 2. The molecular formula is C19H27N3O4. The Morgan fingerprint density at radius 1 is 1.19 bits per heavy atom. The van der Waals surface area contributed by atoms with Crippen LogP contribution in [0.2, 0.25) is 0 Å². The fraction of sp³-hybridized carbons (Fsp3) is 0.579. The molecule has 3 rings (SSSR count). The molecule has 1 atom stereocenters. The van der Waals surface area contributed by atoms with Gasteiger partial charge in [0.25, 0.3) is 5.91 Å². The smallest absolute Gasteiger partial charge is 0.251 e. The van der Waals surface area contributed by atoms with Crippen molar-refractivity contribution < 1.29 is 19.1 Å². The maximum atomic E-state index is 12.3. The van der Waals surface area contributed by atoms with E-state index in [1.54, 1.807) is 0 Å². The first-order valence-electron chi connectivity index (χ1n) is 9.31. The summed E-state index contributed by atoms with van der Waals surface area (Å²) in [5.74, 6) is 0.839. The molecule has 26 heavy (non-hydrogen) atoms. The first kappa shape index (κ1) is 18.7. The molecule has 1 N–H and O–H groups in total. The lowest BCUT2D eigenvalue weighted by atomic mass is 10.2. The molecule has 0 bridgehead atoms. The van der Waals surface area contributed by atoms with Crippen LogP contribution < -0.4 is 10.1 Å². The Bertz CT molecular complexity index is 606. The molecule has 0 aliphatic carbocycles. The van der Waals surface area contributed by atoms with Crippen LogP contribution in [-0.4, -0.2) is 73.7 Å². The number of ether oxygens (including phenoxy) is 2. The maximum absolute atomic E-state index is 12.3. The Morgan fingerprint density at radius 3 is 2.54 bits per heavy atom. The summed E-state index contributed by atoms with van der Waals surface area (Å²) in [4.78, 5) is 28.5. The van der Waals surface area contributed by atoms with E-state index in [9.17, 15) is 9.59 Å². The molecule has 0 aromatic heterocycles. The number of amides is 2. The van der Waals surface area contributed by atoms with E-state index in [4.69, 9.17) is 9.47 Å². The molecule has 142 valence electrons. The molecule has 2 heterocycles. The van der Waals surface area contributed by atoms with Gasteiger partial charge in [0, 0.05) is 38.5 Å². The second-order valence-electron chi connectivity index (χ2n) is 6.61. The SMILES string of the molecule is CCOc1ccc(NC(=O)CN2CCN(C(=O)[C@@H]3CCCO3)CC2)cc1. The molecule has 1 aromatic carbocycles. The van der Waals surface area contributed by atoms with Gasteiger partial charge in [-0.25, -0.2) is 0 Å². The minimum Gasteiger partial charge on any atom is -0.494 e. The van der Waals surface area contributed by atoms with Crippen molar-refractivity contribution in [3.05, 3.63) is 24.3 Å². The van der Waals surface area contributed by atoms with Crippen molar-refractivity contribution in [2.24, 2.45) is 0 Å². The van der Waals surface area contributed by atoms with Crippen molar-refractivity contribution in [2.75, 3.05) is 51.3 Å². The van der Waals surface area contributed by atoms with Crippen LogP contribution in [0.5, 0.6) is 5.75 Å². The predicted octanol–water partition coefficient (Wildman–Crippen LogP) is 1.35. The predicted molar refractivity (Wildman–Crippen MR) is 98.2 cm³/mol. The molecule has 2 aliphatic rings. The molecule has 2 fully saturated rings. The summed E-state index contributed by atoms with van der Waals surface area (Å²) in [6.07, 6.45) is 1.52. The van der Waals surface area contributed by atoms with E-state index in [1.807, 2.05) is 36.1 Å². The number of rotatable bonds is 6. The third kappa shape index (κ3) is 4.95. The molecule has 0 radical (unpaired) electrons. The molecule has 2 saturated heterocycles. The van der Waals surface area contributed by atoms with Gasteiger partial charge >= 0.3 is 0 Å². The molecule has 0 spiro atoms. The summed E-state index contributed by atoms with van der Waals surface area (Å²) < 4.78 is 10.9. The lowest BCUT2D eigenvalue weighted by Gasteiger charge is -2.35. The van der Waals surface area contributed by atoms with Crippen molar-refractivity contribution in [2.45, 2.75) is 25.9 Å². The zero-order valence-electron chi connectivity index (χ0n) is 15.3. The number of anilines is 1. The van der Waals surface area contributed by atoms with E-state index < -0.39 is 0 Å². The molecule has 7 nitrogen and oxygen atoms in total. The number of piperazine rings is 1. The van der Waals surface area contributed by atoms with E-state index >= 15 is 0 Å². The number of hydrogen-bond acceptors (Lipinski definition) is 5. The second-order valence-corrected chi connectivity index (χ2v) is 6.61. The molecule has 0 saturated carbocycles. The average molecular weight is 361 g/mol. The topological polar surface area (TPSA) is 71.1 Å². The first-order chi connectivity index (χ1) is 12.7. The summed E-state index contributed by atoms with van der Waals surface area (Å²) in [5.41, 5.74) is 0.755. The average Bonchev–Trinajstić information content (AvgIpc) is 3.18. The van der Waals surface area contributed by atoms with Crippen molar-refractivity contribution in [3.63, 3.8) is 0 Å². The van der Waals surface area contributed by atoms with Gasteiger partial charge in [0.05, 0.1) is 13.2 Å². The normalized spacial score (nSPS) is 20.8. The molecule has 7 heteroatoms. The Balaban J connectivity index is 1.41. The third-order valence-corrected chi connectivity index (χ3v) is 4.71.